The molecule has 1 aromatic carbocycles. The van der Waals surface area contributed by atoms with Crippen LogP contribution in [-0.4, -0.2) is 53.8 Å². The van der Waals surface area contributed by atoms with Gasteiger partial charge in [0.05, 0.1) is 12.1 Å². The summed E-state index contributed by atoms with van der Waals surface area (Å²) in [5.74, 6) is 0.428. The molecule has 0 unspecified atom stereocenters. The van der Waals surface area contributed by atoms with Crippen LogP contribution >= 0.6 is 0 Å². The minimum absolute atomic E-state index is 0.135. The second-order valence-corrected chi connectivity index (χ2v) is 6.97. The monoisotopic (exact) mass is 332 g/mol. The zero-order valence-electron chi connectivity index (χ0n) is 14.7. The molecular formula is C19H28N2O3. The van der Waals surface area contributed by atoms with Gasteiger partial charge < -0.3 is 19.6 Å². The van der Waals surface area contributed by atoms with Crippen molar-refractivity contribution in [2.75, 3.05) is 31.1 Å². The molecule has 0 bridgehead atoms. The van der Waals surface area contributed by atoms with E-state index in [2.05, 4.69) is 23.6 Å². The highest BCUT2D eigenvalue weighted by molar-refractivity contribution is 5.78. The number of carbonyl (C=O) groups excluding carboxylic acids is 1. The standard InChI is InChI=1S/C19H28N2O3/c1-3-15(4-2)21-14-19(24-13-18(21)23)9-11-20(12-10-19)16-5-7-17(22)8-6-16/h5-8,15,22H,3-4,9-14H2,1-2H3. The lowest BCUT2D eigenvalue weighted by Gasteiger charge is -2.49. The fourth-order valence-electron chi connectivity index (χ4n) is 3.94. The van der Waals surface area contributed by atoms with E-state index in [1.807, 2.05) is 12.1 Å². The molecule has 1 aromatic rings. The van der Waals surface area contributed by atoms with Gasteiger partial charge in [0.25, 0.3) is 0 Å². The first-order valence-electron chi connectivity index (χ1n) is 9.04. The lowest BCUT2D eigenvalue weighted by Crippen LogP contribution is -2.60. The van der Waals surface area contributed by atoms with Crippen LogP contribution in [0.25, 0.3) is 0 Å². The summed E-state index contributed by atoms with van der Waals surface area (Å²) in [6.07, 6.45) is 3.85. The topological polar surface area (TPSA) is 53.0 Å². The van der Waals surface area contributed by atoms with Crippen LogP contribution in [0, 0.1) is 0 Å². The highest BCUT2D eigenvalue weighted by atomic mass is 16.5. The molecule has 5 heteroatoms. The molecule has 0 atom stereocenters. The summed E-state index contributed by atoms with van der Waals surface area (Å²) in [5, 5.41) is 9.43. The quantitative estimate of drug-likeness (QED) is 0.921. The summed E-state index contributed by atoms with van der Waals surface area (Å²) in [5.41, 5.74) is 0.940. The molecule has 24 heavy (non-hydrogen) atoms. The maximum absolute atomic E-state index is 12.3. The Morgan fingerprint density at radius 1 is 1.17 bits per heavy atom. The zero-order chi connectivity index (χ0) is 17.2. The molecule has 0 radical (unpaired) electrons. The molecule has 5 nitrogen and oxygen atoms in total. The molecule has 132 valence electrons. The average molecular weight is 332 g/mol. The summed E-state index contributed by atoms with van der Waals surface area (Å²) in [7, 11) is 0. The lowest BCUT2D eigenvalue weighted by atomic mass is 9.88. The number of aromatic hydroxyl groups is 1. The smallest absolute Gasteiger partial charge is 0.248 e. The number of hydrogen-bond acceptors (Lipinski definition) is 4. The fraction of sp³-hybridized carbons (Fsp3) is 0.632. The van der Waals surface area contributed by atoms with Crippen LogP contribution in [-0.2, 0) is 9.53 Å². The van der Waals surface area contributed by atoms with Crippen LogP contribution in [0.3, 0.4) is 0 Å². The van der Waals surface area contributed by atoms with Crippen molar-refractivity contribution < 1.29 is 14.6 Å². The Kier molecular flexibility index (Phi) is 4.99. The number of ether oxygens (including phenoxy) is 1. The van der Waals surface area contributed by atoms with Crippen molar-refractivity contribution in [2.45, 2.75) is 51.2 Å². The van der Waals surface area contributed by atoms with E-state index in [4.69, 9.17) is 4.74 Å². The Morgan fingerprint density at radius 2 is 1.79 bits per heavy atom. The Morgan fingerprint density at radius 3 is 2.38 bits per heavy atom. The maximum Gasteiger partial charge on any atom is 0.248 e. The zero-order valence-corrected chi connectivity index (χ0v) is 14.7. The van der Waals surface area contributed by atoms with Gasteiger partial charge in [-0.3, -0.25) is 4.79 Å². The lowest BCUT2D eigenvalue weighted by molar-refractivity contribution is -0.171. The molecular weight excluding hydrogens is 304 g/mol. The number of amides is 1. The number of hydrogen-bond donors (Lipinski definition) is 1. The first kappa shape index (κ1) is 17.1. The normalized spacial score (nSPS) is 20.9. The second-order valence-electron chi connectivity index (χ2n) is 6.97. The summed E-state index contributed by atoms with van der Waals surface area (Å²) >= 11 is 0. The number of piperidine rings is 1. The molecule has 2 heterocycles. The van der Waals surface area contributed by atoms with Gasteiger partial charge in [-0.1, -0.05) is 13.8 Å². The van der Waals surface area contributed by atoms with Crippen molar-refractivity contribution in [1.82, 2.24) is 4.90 Å². The Bertz CT molecular complexity index is 560. The Balaban J connectivity index is 1.66. The fourth-order valence-corrected chi connectivity index (χ4v) is 3.94. The Hall–Kier alpha value is -1.75. The van der Waals surface area contributed by atoms with Crippen molar-refractivity contribution in [3.8, 4) is 5.75 Å². The molecule has 3 rings (SSSR count). The highest BCUT2D eigenvalue weighted by Crippen LogP contribution is 2.34. The van der Waals surface area contributed by atoms with E-state index in [1.54, 1.807) is 12.1 Å². The Labute approximate surface area is 144 Å². The summed E-state index contributed by atoms with van der Waals surface area (Å²) < 4.78 is 6.03. The largest absolute Gasteiger partial charge is 0.508 e. The van der Waals surface area contributed by atoms with Crippen molar-refractivity contribution in [2.24, 2.45) is 0 Å². The maximum atomic E-state index is 12.3. The van der Waals surface area contributed by atoms with E-state index in [-0.39, 0.29) is 18.1 Å². The molecule has 2 fully saturated rings. The van der Waals surface area contributed by atoms with Gasteiger partial charge >= 0.3 is 0 Å². The van der Waals surface area contributed by atoms with E-state index in [0.29, 0.717) is 11.8 Å². The number of phenolic OH excluding ortho intramolecular Hbond substituents is 1. The minimum atomic E-state index is -0.191. The van der Waals surface area contributed by atoms with Crippen LogP contribution in [0.4, 0.5) is 5.69 Å². The van der Waals surface area contributed by atoms with Gasteiger partial charge in [0.15, 0.2) is 0 Å². The number of rotatable bonds is 4. The van der Waals surface area contributed by atoms with Gasteiger partial charge in [-0.15, -0.1) is 0 Å². The number of anilines is 1. The van der Waals surface area contributed by atoms with E-state index in [9.17, 15) is 9.90 Å². The van der Waals surface area contributed by atoms with E-state index < -0.39 is 0 Å². The third kappa shape index (κ3) is 3.36. The predicted molar refractivity (Wildman–Crippen MR) is 94.3 cm³/mol. The van der Waals surface area contributed by atoms with Gasteiger partial charge in [0, 0.05) is 24.8 Å². The van der Waals surface area contributed by atoms with Gasteiger partial charge in [0.1, 0.15) is 12.4 Å². The first-order valence-corrected chi connectivity index (χ1v) is 9.04. The highest BCUT2D eigenvalue weighted by Gasteiger charge is 2.43. The van der Waals surface area contributed by atoms with E-state index >= 15 is 0 Å². The molecule has 2 aliphatic heterocycles. The third-order valence-corrected chi connectivity index (χ3v) is 5.55. The van der Waals surface area contributed by atoms with Crippen molar-refractivity contribution in [1.29, 1.82) is 0 Å². The number of nitrogens with zero attached hydrogens (tertiary/aromatic N) is 2. The van der Waals surface area contributed by atoms with Crippen LogP contribution in [0.5, 0.6) is 5.75 Å². The molecule has 0 saturated carbocycles. The van der Waals surface area contributed by atoms with Crippen molar-refractivity contribution in [3.63, 3.8) is 0 Å². The summed E-state index contributed by atoms with van der Waals surface area (Å²) in [4.78, 5) is 16.6. The van der Waals surface area contributed by atoms with Gasteiger partial charge in [-0.25, -0.2) is 0 Å². The molecule has 2 saturated heterocycles. The van der Waals surface area contributed by atoms with E-state index in [1.165, 1.54) is 0 Å². The van der Waals surface area contributed by atoms with Gasteiger partial charge in [-0.2, -0.15) is 0 Å². The number of carbonyl (C=O) groups is 1. The van der Waals surface area contributed by atoms with Crippen LogP contribution in [0.1, 0.15) is 39.5 Å². The number of phenols is 1. The van der Waals surface area contributed by atoms with Crippen molar-refractivity contribution >= 4 is 11.6 Å². The molecule has 1 amide bonds. The number of morpholine rings is 1. The molecule has 1 N–H and O–H groups in total. The third-order valence-electron chi connectivity index (χ3n) is 5.55. The predicted octanol–water partition coefficient (Wildman–Crippen LogP) is 2.78. The minimum Gasteiger partial charge on any atom is -0.508 e. The average Bonchev–Trinajstić information content (AvgIpc) is 2.61. The van der Waals surface area contributed by atoms with Crippen LogP contribution < -0.4 is 4.90 Å². The SMILES string of the molecule is CCC(CC)N1CC2(CCN(c3ccc(O)cc3)CC2)OCC1=O. The van der Waals surface area contributed by atoms with Gasteiger partial charge in [0.2, 0.25) is 5.91 Å². The summed E-state index contributed by atoms with van der Waals surface area (Å²) in [6.45, 7) is 7.07. The molecule has 1 spiro atoms. The number of benzene rings is 1. The molecule has 0 aliphatic carbocycles. The van der Waals surface area contributed by atoms with Crippen molar-refractivity contribution in [3.05, 3.63) is 24.3 Å². The van der Waals surface area contributed by atoms with Gasteiger partial charge in [-0.05, 0) is 49.9 Å². The molecule has 2 aliphatic rings. The summed E-state index contributed by atoms with van der Waals surface area (Å²) in [6, 6.07) is 7.69. The second kappa shape index (κ2) is 7.01. The first-order chi connectivity index (χ1) is 11.6. The van der Waals surface area contributed by atoms with E-state index in [0.717, 1.165) is 51.0 Å². The van der Waals surface area contributed by atoms with Crippen LogP contribution in [0.15, 0.2) is 24.3 Å². The van der Waals surface area contributed by atoms with Crippen LogP contribution in [0.2, 0.25) is 0 Å². The molecule has 0 aromatic heterocycles.